The van der Waals surface area contributed by atoms with Gasteiger partial charge in [0.1, 0.15) is 6.67 Å². The summed E-state index contributed by atoms with van der Waals surface area (Å²) >= 11 is 0. The van der Waals surface area contributed by atoms with E-state index in [1.54, 1.807) is 0 Å². The van der Waals surface area contributed by atoms with Gasteiger partial charge in [-0.15, -0.1) is 0 Å². The predicted octanol–water partition coefficient (Wildman–Crippen LogP) is 0.329. The molecule has 2 nitrogen and oxygen atoms in total. The zero-order valence-electron chi connectivity index (χ0n) is 3.89. The van der Waals surface area contributed by atoms with Crippen LogP contribution in [0.3, 0.4) is 0 Å². The lowest BCUT2D eigenvalue weighted by Gasteiger charge is -1.98. The summed E-state index contributed by atoms with van der Waals surface area (Å²) in [6, 6.07) is 0. The third-order valence-electron chi connectivity index (χ3n) is 0.817. The maximum Gasteiger partial charge on any atom is 0.186 e. The molecule has 7 heavy (non-hydrogen) atoms. The molecule has 0 aliphatic carbocycles. The molecule has 0 N–H and O–H groups in total. The van der Waals surface area contributed by atoms with Crippen LogP contribution in [-0.2, 0) is 9.47 Å². The summed E-state index contributed by atoms with van der Waals surface area (Å²) in [7, 11) is 0. The molecule has 1 saturated heterocycles. The molecule has 0 bridgehead atoms. The highest BCUT2D eigenvalue weighted by Crippen LogP contribution is 2.02. The molecule has 1 aliphatic heterocycles. The number of ether oxygens (including phenoxy) is 2. The van der Waals surface area contributed by atoms with Crippen molar-refractivity contribution in [1.29, 1.82) is 0 Å². The summed E-state index contributed by atoms with van der Waals surface area (Å²) in [6.07, 6.45) is -0.569. The first-order valence-electron chi connectivity index (χ1n) is 2.22. The highest BCUT2D eigenvalue weighted by atomic mass is 19.1. The SMILES string of the molecule is FCC1OCCO1. The standard InChI is InChI=1S/C4H7FO2/c5-3-4-6-1-2-7-4/h4H,1-3H2. The highest BCUT2D eigenvalue weighted by molar-refractivity contribution is 4.46. The Morgan fingerprint density at radius 3 is 2.29 bits per heavy atom. The van der Waals surface area contributed by atoms with Gasteiger partial charge in [-0.1, -0.05) is 0 Å². The second-order valence-corrected chi connectivity index (χ2v) is 1.33. The van der Waals surface area contributed by atoms with Gasteiger partial charge < -0.3 is 9.47 Å². The van der Waals surface area contributed by atoms with Crippen molar-refractivity contribution in [3.63, 3.8) is 0 Å². The van der Waals surface area contributed by atoms with Crippen LogP contribution in [0.1, 0.15) is 0 Å². The molecule has 0 aromatic carbocycles. The summed E-state index contributed by atoms with van der Waals surface area (Å²) in [6.45, 7) is 0.545. The third kappa shape index (κ3) is 1.11. The fourth-order valence-corrected chi connectivity index (χ4v) is 0.496. The molecule has 0 saturated carbocycles. The van der Waals surface area contributed by atoms with E-state index in [1.165, 1.54) is 0 Å². The summed E-state index contributed by atoms with van der Waals surface area (Å²) in [5, 5.41) is 0. The van der Waals surface area contributed by atoms with Crippen molar-refractivity contribution in [1.82, 2.24) is 0 Å². The molecule has 0 amide bonds. The van der Waals surface area contributed by atoms with Crippen LogP contribution >= 0.6 is 0 Å². The lowest BCUT2D eigenvalue weighted by atomic mass is 10.7. The Hall–Kier alpha value is -0.150. The lowest BCUT2D eigenvalue weighted by molar-refractivity contribution is -0.0558. The molecular weight excluding hydrogens is 99.0 g/mol. The molecule has 0 aromatic heterocycles. The van der Waals surface area contributed by atoms with E-state index >= 15 is 0 Å². The van der Waals surface area contributed by atoms with Crippen molar-refractivity contribution < 1.29 is 13.9 Å². The van der Waals surface area contributed by atoms with Crippen molar-refractivity contribution in [2.24, 2.45) is 0 Å². The number of hydrogen-bond donors (Lipinski definition) is 0. The molecule has 1 aliphatic rings. The zero-order valence-corrected chi connectivity index (χ0v) is 3.89. The lowest BCUT2D eigenvalue weighted by Crippen LogP contribution is -2.08. The number of halogens is 1. The molecule has 0 radical (unpaired) electrons. The average Bonchev–Trinajstić information content (AvgIpc) is 2.14. The summed E-state index contributed by atoms with van der Waals surface area (Å²) in [5.74, 6) is 0. The summed E-state index contributed by atoms with van der Waals surface area (Å²) in [4.78, 5) is 0. The molecule has 0 unspecified atom stereocenters. The Morgan fingerprint density at radius 2 is 2.00 bits per heavy atom. The Bertz CT molecular complexity index is 51.7. The predicted molar refractivity (Wildman–Crippen MR) is 21.7 cm³/mol. The first-order chi connectivity index (χ1) is 3.43. The zero-order chi connectivity index (χ0) is 5.11. The van der Waals surface area contributed by atoms with Crippen LogP contribution in [0.4, 0.5) is 4.39 Å². The van der Waals surface area contributed by atoms with E-state index in [9.17, 15) is 4.39 Å². The van der Waals surface area contributed by atoms with E-state index in [0.29, 0.717) is 13.2 Å². The molecule has 0 aromatic rings. The Balaban J connectivity index is 2.14. The largest absolute Gasteiger partial charge is 0.348 e. The van der Waals surface area contributed by atoms with Gasteiger partial charge in [-0.3, -0.25) is 0 Å². The van der Waals surface area contributed by atoms with Crippen LogP contribution in [0.2, 0.25) is 0 Å². The Labute approximate surface area is 41.2 Å². The van der Waals surface area contributed by atoms with E-state index < -0.39 is 13.0 Å². The second-order valence-electron chi connectivity index (χ2n) is 1.33. The first kappa shape index (κ1) is 5.00. The van der Waals surface area contributed by atoms with Gasteiger partial charge in [0, 0.05) is 0 Å². The number of hydrogen-bond acceptors (Lipinski definition) is 2. The molecule has 42 valence electrons. The normalized spacial score (nSPS) is 23.6. The van der Waals surface area contributed by atoms with Crippen molar-refractivity contribution in [3.8, 4) is 0 Å². The Kier molecular flexibility index (Phi) is 1.59. The topological polar surface area (TPSA) is 18.5 Å². The van der Waals surface area contributed by atoms with E-state index in [0.717, 1.165) is 0 Å². The smallest absolute Gasteiger partial charge is 0.186 e. The van der Waals surface area contributed by atoms with Crippen molar-refractivity contribution in [2.75, 3.05) is 19.9 Å². The monoisotopic (exact) mass is 106 g/mol. The Morgan fingerprint density at radius 1 is 1.43 bits per heavy atom. The molecule has 1 heterocycles. The number of alkyl halides is 1. The minimum atomic E-state index is -0.569. The second kappa shape index (κ2) is 2.23. The van der Waals surface area contributed by atoms with Crippen LogP contribution in [-0.4, -0.2) is 26.2 Å². The number of rotatable bonds is 1. The summed E-state index contributed by atoms with van der Waals surface area (Å²) in [5.41, 5.74) is 0. The van der Waals surface area contributed by atoms with Crippen LogP contribution in [0.15, 0.2) is 0 Å². The third-order valence-corrected chi connectivity index (χ3v) is 0.817. The molecule has 3 heteroatoms. The van der Waals surface area contributed by atoms with Gasteiger partial charge in [-0.25, -0.2) is 4.39 Å². The van der Waals surface area contributed by atoms with Gasteiger partial charge in [0.25, 0.3) is 0 Å². The van der Waals surface area contributed by atoms with Crippen molar-refractivity contribution in [3.05, 3.63) is 0 Å². The summed E-state index contributed by atoms with van der Waals surface area (Å²) < 4.78 is 20.9. The van der Waals surface area contributed by atoms with Gasteiger partial charge >= 0.3 is 0 Å². The molecule has 1 fully saturated rings. The van der Waals surface area contributed by atoms with Crippen LogP contribution in [0.25, 0.3) is 0 Å². The molecule has 1 rings (SSSR count). The molecule has 0 atom stereocenters. The van der Waals surface area contributed by atoms with Gasteiger partial charge in [0.15, 0.2) is 6.29 Å². The van der Waals surface area contributed by atoms with Crippen LogP contribution in [0.5, 0.6) is 0 Å². The average molecular weight is 106 g/mol. The van der Waals surface area contributed by atoms with E-state index in [2.05, 4.69) is 0 Å². The van der Waals surface area contributed by atoms with E-state index in [-0.39, 0.29) is 0 Å². The van der Waals surface area contributed by atoms with Crippen molar-refractivity contribution >= 4 is 0 Å². The van der Waals surface area contributed by atoms with Gasteiger partial charge in [0.2, 0.25) is 0 Å². The minimum Gasteiger partial charge on any atom is -0.348 e. The quantitative estimate of drug-likeness (QED) is 0.479. The van der Waals surface area contributed by atoms with Crippen LogP contribution in [0, 0.1) is 0 Å². The van der Waals surface area contributed by atoms with Crippen molar-refractivity contribution in [2.45, 2.75) is 6.29 Å². The minimum absolute atomic E-state index is 0.528. The maximum absolute atomic E-state index is 11.4. The molecule has 0 spiro atoms. The van der Waals surface area contributed by atoms with E-state index in [1.807, 2.05) is 0 Å². The van der Waals surface area contributed by atoms with Gasteiger partial charge in [-0.2, -0.15) is 0 Å². The fraction of sp³-hybridized carbons (Fsp3) is 1.00. The molecular formula is C4H7FO2. The first-order valence-corrected chi connectivity index (χ1v) is 2.22. The highest BCUT2D eigenvalue weighted by Gasteiger charge is 2.13. The van der Waals surface area contributed by atoms with Gasteiger partial charge in [-0.05, 0) is 0 Å². The van der Waals surface area contributed by atoms with Crippen LogP contribution < -0.4 is 0 Å². The van der Waals surface area contributed by atoms with E-state index in [4.69, 9.17) is 9.47 Å². The van der Waals surface area contributed by atoms with Gasteiger partial charge in [0.05, 0.1) is 13.2 Å². The maximum atomic E-state index is 11.4. The fourth-order valence-electron chi connectivity index (χ4n) is 0.496.